The highest BCUT2D eigenvalue weighted by Gasteiger charge is 2.48. The predicted molar refractivity (Wildman–Crippen MR) is 156 cm³/mol. The van der Waals surface area contributed by atoms with Gasteiger partial charge in [0.1, 0.15) is 30.5 Å². The van der Waals surface area contributed by atoms with Crippen molar-refractivity contribution < 1.29 is 56.2 Å². The molecule has 1 fully saturated rings. The molecule has 0 aliphatic carbocycles. The monoisotopic (exact) mass is 628 g/mol. The number of rotatable bonds is 26. The van der Waals surface area contributed by atoms with Crippen LogP contribution in [0.1, 0.15) is 117 Å². The molecule has 0 radical (unpaired) electrons. The maximum absolute atomic E-state index is 12.5. The van der Waals surface area contributed by atoms with Gasteiger partial charge in [-0.1, -0.05) is 97.3 Å². The lowest BCUT2D eigenvalue weighted by molar-refractivity contribution is -0.301. The van der Waals surface area contributed by atoms with Crippen molar-refractivity contribution >= 4 is 16.4 Å². The number of ether oxygens (including phenoxy) is 4. The first-order chi connectivity index (χ1) is 20.1. The molecule has 42 heavy (non-hydrogen) atoms. The summed E-state index contributed by atoms with van der Waals surface area (Å²) in [5.41, 5.74) is 0. The minimum absolute atomic E-state index is 0.0407. The van der Waals surface area contributed by atoms with Crippen LogP contribution in [0.2, 0.25) is 0 Å². The molecule has 12 nitrogen and oxygen atoms in total. The lowest BCUT2D eigenvalue weighted by atomic mass is 9.99. The van der Waals surface area contributed by atoms with E-state index in [1.807, 2.05) is 0 Å². The molecule has 0 bridgehead atoms. The van der Waals surface area contributed by atoms with Crippen LogP contribution in [0.4, 0.5) is 0 Å². The van der Waals surface area contributed by atoms with E-state index in [1.165, 1.54) is 51.4 Å². The maximum atomic E-state index is 12.5. The Labute approximate surface area is 252 Å². The van der Waals surface area contributed by atoms with Gasteiger partial charge in [-0.05, 0) is 12.8 Å². The van der Waals surface area contributed by atoms with Gasteiger partial charge in [0.05, 0.1) is 19.8 Å². The fourth-order valence-corrected chi connectivity index (χ4v) is 5.30. The molecule has 0 saturated carbocycles. The first-order valence-corrected chi connectivity index (χ1v) is 17.2. The summed E-state index contributed by atoms with van der Waals surface area (Å²) in [5.74, 6) is -0.408. The van der Waals surface area contributed by atoms with E-state index in [9.17, 15) is 28.5 Å². The summed E-state index contributed by atoms with van der Waals surface area (Å²) in [6.07, 6.45) is 7.66. The van der Waals surface area contributed by atoms with Crippen LogP contribution in [-0.4, -0.2) is 97.5 Å². The zero-order valence-electron chi connectivity index (χ0n) is 25.6. The maximum Gasteiger partial charge on any atom is 0.397 e. The average Bonchev–Trinajstić information content (AvgIpc) is 2.94. The van der Waals surface area contributed by atoms with Gasteiger partial charge in [-0.15, -0.1) is 0 Å². The summed E-state index contributed by atoms with van der Waals surface area (Å²) >= 11 is 0. The van der Waals surface area contributed by atoms with Gasteiger partial charge in [0.15, 0.2) is 6.29 Å². The van der Waals surface area contributed by atoms with E-state index >= 15 is 0 Å². The van der Waals surface area contributed by atoms with Crippen molar-refractivity contribution in [1.82, 2.24) is 0 Å². The largest absolute Gasteiger partial charge is 0.457 e. The van der Waals surface area contributed by atoms with Crippen molar-refractivity contribution in [2.24, 2.45) is 0 Å². The van der Waals surface area contributed by atoms with E-state index in [2.05, 4.69) is 18.0 Å². The van der Waals surface area contributed by atoms with Crippen LogP contribution in [0.15, 0.2) is 0 Å². The van der Waals surface area contributed by atoms with Crippen LogP contribution in [0.25, 0.3) is 0 Å². The van der Waals surface area contributed by atoms with Crippen LogP contribution >= 0.6 is 0 Å². The van der Waals surface area contributed by atoms with E-state index in [0.717, 1.165) is 38.5 Å². The molecule has 0 spiro atoms. The third-order valence-electron chi connectivity index (χ3n) is 7.23. The van der Waals surface area contributed by atoms with Crippen molar-refractivity contribution in [2.75, 3.05) is 26.4 Å². The standard InChI is InChI=1S/C29H56O12S/c1-3-5-7-9-11-13-15-17-19-37-21-23(39-25(31)18-16-14-12-10-8-6-4-2)22-38-29-27(33)28(41-42(34,35)36)26(32)24(20-30)40-29/h23-24,26-30,32-33H,3-22H2,1-2H3,(H,34,35,36). The Hall–Kier alpha value is -0.900. The van der Waals surface area contributed by atoms with Crippen molar-refractivity contribution in [3.8, 4) is 0 Å². The third kappa shape index (κ3) is 18.0. The summed E-state index contributed by atoms with van der Waals surface area (Å²) in [6.45, 7) is 3.87. The number of aliphatic hydroxyl groups is 3. The van der Waals surface area contributed by atoms with Crippen LogP contribution in [0.3, 0.4) is 0 Å². The van der Waals surface area contributed by atoms with Crippen molar-refractivity contribution in [3.05, 3.63) is 0 Å². The third-order valence-corrected chi connectivity index (χ3v) is 7.69. The van der Waals surface area contributed by atoms with Gasteiger partial charge in [-0.3, -0.25) is 9.35 Å². The average molecular weight is 629 g/mol. The number of carbonyl (C=O) groups is 1. The molecule has 0 amide bonds. The predicted octanol–water partition coefficient (Wildman–Crippen LogP) is 3.84. The minimum atomic E-state index is -5.04. The Morgan fingerprint density at radius 2 is 1.36 bits per heavy atom. The Balaban J connectivity index is 2.62. The lowest BCUT2D eigenvalue weighted by Crippen LogP contribution is -2.60. The molecule has 1 aliphatic rings. The highest BCUT2D eigenvalue weighted by atomic mass is 32.3. The van der Waals surface area contributed by atoms with Gasteiger partial charge in [0.25, 0.3) is 0 Å². The molecule has 250 valence electrons. The lowest BCUT2D eigenvalue weighted by Gasteiger charge is -2.41. The van der Waals surface area contributed by atoms with Crippen LogP contribution in [0, 0.1) is 0 Å². The summed E-state index contributed by atoms with van der Waals surface area (Å²) in [4.78, 5) is 12.5. The Morgan fingerprint density at radius 3 is 1.90 bits per heavy atom. The smallest absolute Gasteiger partial charge is 0.397 e. The van der Waals surface area contributed by atoms with E-state index in [4.69, 9.17) is 23.5 Å². The fraction of sp³-hybridized carbons (Fsp3) is 0.966. The number of hydrogen-bond acceptors (Lipinski definition) is 11. The van der Waals surface area contributed by atoms with Gasteiger partial charge < -0.3 is 34.3 Å². The van der Waals surface area contributed by atoms with Gasteiger partial charge in [0, 0.05) is 13.0 Å². The molecule has 1 heterocycles. The molecule has 1 aliphatic heterocycles. The minimum Gasteiger partial charge on any atom is -0.457 e. The van der Waals surface area contributed by atoms with E-state index in [-0.39, 0.29) is 19.6 Å². The molecule has 1 saturated heterocycles. The zero-order valence-corrected chi connectivity index (χ0v) is 26.4. The molecule has 0 aromatic carbocycles. The first-order valence-electron chi connectivity index (χ1n) is 15.8. The zero-order chi connectivity index (χ0) is 31.2. The van der Waals surface area contributed by atoms with Crippen molar-refractivity contribution in [3.63, 3.8) is 0 Å². The second-order valence-electron chi connectivity index (χ2n) is 11.1. The van der Waals surface area contributed by atoms with E-state index in [1.54, 1.807) is 0 Å². The Kier molecular flexibility index (Phi) is 21.9. The SMILES string of the molecule is CCCCCCCCCCOCC(COC1OC(CO)C(O)C(OS(=O)(=O)O)C1O)OC(=O)CCCCCCCCC. The second-order valence-corrected chi connectivity index (χ2v) is 12.1. The molecular weight excluding hydrogens is 572 g/mol. The van der Waals surface area contributed by atoms with Crippen LogP contribution < -0.4 is 0 Å². The van der Waals surface area contributed by atoms with Gasteiger partial charge in [-0.25, -0.2) is 4.18 Å². The number of unbranched alkanes of at least 4 members (excludes halogenated alkanes) is 13. The van der Waals surface area contributed by atoms with E-state index in [0.29, 0.717) is 13.0 Å². The van der Waals surface area contributed by atoms with Gasteiger partial charge >= 0.3 is 16.4 Å². The second kappa shape index (κ2) is 23.5. The Bertz CT molecular complexity index is 781. The normalized spacial score (nSPS) is 23.6. The molecule has 1 rings (SSSR count). The van der Waals surface area contributed by atoms with Crippen LogP contribution in [0.5, 0.6) is 0 Å². The van der Waals surface area contributed by atoms with Gasteiger partial charge in [0.2, 0.25) is 0 Å². The highest BCUT2D eigenvalue weighted by molar-refractivity contribution is 7.80. The number of aliphatic hydroxyl groups excluding tert-OH is 3. The first kappa shape index (κ1) is 39.1. The number of hydrogen-bond donors (Lipinski definition) is 4. The molecule has 6 unspecified atom stereocenters. The summed E-state index contributed by atoms with van der Waals surface area (Å²) < 4.78 is 58.2. The quantitative estimate of drug-likeness (QED) is 0.0619. The molecule has 6 atom stereocenters. The highest BCUT2D eigenvalue weighted by Crippen LogP contribution is 2.26. The molecule has 4 N–H and O–H groups in total. The summed E-state index contributed by atoms with van der Waals surface area (Å²) in [7, 11) is -5.04. The number of esters is 1. The molecule has 0 aromatic heterocycles. The number of carbonyl (C=O) groups excluding carboxylic acids is 1. The van der Waals surface area contributed by atoms with Crippen molar-refractivity contribution in [2.45, 2.75) is 153 Å². The van der Waals surface area contributed by atoms with Crippen LogP contribution in [-0.2, 0) is 38.3 Å². The molecular formula is C29H56O12S. The fourth-order valence-electron chi connectivity index (χ4n) is 4.79. The topological polar surface area (TPSA) is 178 Å². The van der Waals surface area contributed by atoms with E-state index < -0.39 is 59.8 Å². The summed E-state index contributed by atoms with van der Waals surface area (Å²) in [6, 6.07) is 0. The molecule has 13 heteroatoms. The Morgan fingerprint density at radius 1 is 0.810 bits per heavy atom. The van der Waals surface area contributed by atoms with Crippen molar-refractivity contribution in [1.29, 1.82) is 0 Å². The van der Waals surface area contributed by atoms with Gasteiger partial charge in [-0.2, -0.15) is 8.42 Å². The summed E-state index contributed by atoms with van der Waals surface area (Å²) in [5, 5.41) is 30.3. The molecule has 0 aromatic rings.